The molecule has 0 bridgehead atoms. The molecule has 2 heterocycles. The van der Waals surface area contributed by atoms with Crippen LogP contribution in [0.1, 0.15) is 36.3 Å². The maximum absolute atomic E-state index is 13.2. The third-order valence-corrected chi connectivity index (χ3v) is 9.14. The van der Waals surface area contributed by atoms with Crippen LogP contribution >= 0.6 is 46.3 Å². The Morgan fingerprint density at radius 2 is 1.92 bits per heavy atom. The van der Waals surface area contributed by atoms with Gasteiger partial charge in [0.15, 0.2) is 10.1 Å². The lowest BCUT2D eigenvalue weighted by Crippen LogP contribution is -2.38. The summed E-state index contributed by atoms with van der Waals surface area (Å²) < 4.78 is 0.529. The number of thioether (sulfide) groups is 1. The van der Waals surface area contributed by atoms with Gasteiger partial charge < -0.3 is 11.1 Å². The Balaban J connectivity index is 1.42. The van der Waals surface area contributed by atoms with Gasteiger partial charge in [0.1, 0.15) is 5.82 Å². The fourth-order valence-corrected chi connectivity index (χ4v) is 6.84. The number of nitrogens with one attached hydrogen (secondary N) is 1. The highest BCUT2D eigenvalue weighted by Gasteiger charge is 2.41. The number of aryl methyl sites for hydroxylation is 1. The molecular weight excluding hydrogens is 575 g/mol. The number of nitrogens with two attached hydrogens (primary N) is 1. The lowest BCUT2D eigenvalue weighted by molar-refractivity contribution is -0.116. The molecule has 2 aromatic carbocycles. The molecule has 0 saturated carbocycles. The van der Waals surface area contributed by atoms with Gasteiger partial charge in [0.2, 0.25) is 11.0 Å². The number of benzene rings is 2. The van der Waals surface area contributed by atoms with Crippen LogP contribution in [0.5, 0.6) is 0 Å². The molecule has 0 saturated heterocycles. The number of Topliss-reactive ketones (excluding diaryl/α,β-unsaturated/α-hetero) is 1. The number of carbonyl (C=O) groups is 2. The van der Waals surface area contributed by atoms with Gasteiger partial charge in [-0.05, 0) is 37.5 Å². The number of anilines is 2. The fourth-order valence-electron chi connectivity index (χ4n) is 4.67. The fraction of sp³-hybridized carbons (Fsp3) is 0.222. The molecule has 198 valence electrons. The molecule has 1 atom stereocenters. The van der Waals surface area contributed by atoms with E-state index >= 15 is 0 Å². The Hall–Kier alpha value is -3.36. The molecule has 1 unspecified atom stereocenters. The molecule has 39 heavy (non-hydrogen) atoms. The molecule has 0 spiro atoms. The second-order valence-electron chi connectivity index (χ2n) is 9.01. The third kappa shape index (κ3) is 5.40. The van der Waals surface area contributed by atoms with Gasteiger partial charge in [0.25, 0.3) is 0 Å². The first-order valence-electron chi connectivity index (χ1n) is 12.0. The van der Waals surface area contributed by atoms with Crippen molar-refractivity contribution in [3.05, 3.63) is 86.3 Å². The molecule has 3 N–H and O–H groups in total. The summed E-state index contributed by atoms with van der Waals surface area (Å²) in [5, 5.41) is 22.5. The van der Waals surface area contributed by atoms with Gasteiger partial charge in [-0.25, -0.2) is 0 Å². The van der Waals surface area contributed by atoms with E-state index in [1.807, 2.05) is 31.2 Å². The zero-order chi connectivity index (χ0) is 27.7. The number of halogens is 2. The van der Waals surface area contributed by atoms with Crippen LogP contribution in [0.4, 0.5) is 10.8 Å². The smallest absolute Gasteiger partial charge is 0.234 e. The molecule has 5 rings (SSSR count). The van der Waals surface area contributed by atoms with E-state index in [1.54, 1.807) is 23.1 Å². The highest BCUT2D eigenvalue weighted by molar-refractivity contribution is 8.01. The van der Waals surface area contributed by atoms with Gasteiger partial charge >= 0.3 is 0 Å². The first-order chi connectivity index (χ1) is 18.8. The summed E-state index contributed by atoms with van der Waals surface area (Å²) in [6, 6.07) is 15.0. The topological polar surface area (TPSA) is 125 Å². The van der Waals surface area contributed by atoms with Crippen molar-refractivity contribution >= 4 is 68.8 Å². The van der Waals surface area contributed by atoms with Crippen LogP contribution in [-0.4, -0.2) is 27.6 Å². The maximum atomic E-state index is 13.2. The first kappa shape index (κ1) is 27.2. The SMILES string of the molecule is Cc1ccc(C2C(C#N)=C(N)N(c3nnc(SCC(=O)Nc4c(Cl)cccc4Cl)s3)C3=C2C(=O)CCC3)cc1. The molecule has 0 radical (unpaired) electrons. The minimum atomic E-state index is -0.531. The molecule has 2 aliphatic rings. The van der Waals surface area contributed by atoms with Crippen LogP contribution < -0.4 is 16.0 Å². The van der Waals surface area contributed by atoms with Crippen molar-refractivity contribution in [2.24, 2.45) is 5.73 Å². The summed E-state index contributed by atoms with van der Waals surface area (Å²) in [5.74, 6) is -0.555. The number of nitrogens with zero attached hydrogens (tertiary/aromatic N) is 4. The number of nitriles is 1. The van der Waals surface area contributed by atoms with Crippen LogP contribution in [0.2, 0.25) is 10.0 Å². The van der Waals surface area contributed by atoms with E-state index < -0.39 is 5.92 Å². The van der Waals surface area contributed by atoms with Crippen molar-refractivity contribution in [1.29, 1.82) is 5.26 Å². The maximum Gasteiger partial charge on any atom is 0.234 e. The van der Waals surface area contributed by atoms with Crippen molar-refractivity contribution in [2.75, 3.05) is 16.0 Å². The third-order valence-electron chi connectivity index (χ3n) is 6.46. The number of aromatic nitrogens is 2. The minimum absolute atomic E-state index is 0.00101. The Labute approximate surface area is 243 Å². The Morgan fingerprint density at radius 1 is 1.21 bits per heavy atom. The summed E-state index contributed by atoms with van der Waals surface area (Å²) in [6.45, 7) is 1.99. The van der Waals surface area contributed by atoms with E-state index in [0.29, 0.717) is 55.6 Å². The first-order valence-corrected chi connectivity index (χ1v) is 14.6. The highest BCUT2D eigenvalue weighted by atomic mass is 35.5. The number of allylic oxidation sites excluding steroid dienone is 3. The lowest BCUT2D eigenvalue weighted by Gasteiger charge is -2.38. The van der Waals surface area contributed by atoms with Crippen molar-refractivity contribution in [3.63, 3.8) is 0 Å². The summed E-state index contributed by atoms with van der Waals surface area (Å²) in [5.41, 5.74) is 10.5. The lowest BCUT2D eigenvalue weighted by atomic mass is 9.75. The molecule has 8 nitrogen and oxygen atoms in total. The normalized spacial score (nSPS) is 17.2. The second kappa shape index (κ2) is 11.4. The average molecular weight is 598 g/mol. The van der Waals surface area contributed by atoms with E-state index in [4.69, 9.17) is 28.9 Å². The van der Waals surface area contributed by atoms with Gasteiger partial charge in [0, 0.05) is 17.7 Å². The van der Waals surface area contributed by atoms with Crippen molar-refractivity contribution < 1.29 is 9.59 Å². The zero-order valence-electron chi connectivity index (χ0n) is 20.7. The largest absolute Gasteiger partial charge is 0.384 e. The summed E-state index contributed by atoms with van der Waals surface area (Å²) in [7, 11) is 0. The molecule has 1 aliphatic heterocycles. The second-order valence-corrected chi connectivity index (χ2v) is 12.0. The Kier molecular flexibility index (Phi) is 7.96. The van der Waals surface area contributed by atoms with E-state index in [0.717, 1.165) is 16.8 Å². The van der Waals surface area contributed by atoms with Gasteiger partial charge in [0.05, 0.1) is 39.0 Å². The number of para-hydroxylation sites is 1. The molecule has 3 aromatic rings. The van der Waals surface area contributed by atoms with Crippen molar-refractivity contribution in [2.45, 2.75) is 36.4 Å². The Morgan fingerprint density at radius 3 is 2.62 bits per heavy atom. The van der Waals surface area contributed by atoms with E-state index in [2.05, 4.69) is 21.6 Å². The predicted octanol–water partition coefficient (Wildman–Crippen LogP) is 6.19. The van der Waals surface area contributed by atoms with Crippen LogP contribution in [-0.2, 0) is 9.59 Å². The Bertz CT molecular complexity index is 1560. The van der Waals surface area contributed by atoms with Crippen molar-refractivity contribution in [1.82, 2.24) is 10.2 Å². The van der Waals surface area contributed by atoms with Gasteiger partial charge in [-0.1, -0.05) is 82.2 Å². The molecule has 0 fully saturated rings. The molecule has 1 aromatic heterocycles. The molecular formula is C27H22Cl2N6O2S2. The van der Waals surface area contributed by atoms with E-state index in [9.17, 15) is 14.9 Å². The van der Waals surface area contributed by atoms with Gasteiger partial charge in [-0.2, -0.15) is 5.26 Å². The zero-order valence-corrected chi connectivity index (χ0v) is 23.8. The highest BCUT2D eigenvalue weighted by Crippen LogP contribution is 2.47. The number of hydrogen-bond donors (Lipinski definition) is 2. The number of rotatable bonds is 6. The van der Waals surface area contributed by atoms with Crippen LogP contribution in [0.15, 0.2) is 69.5 Å². The van der Waals surface area contributed by atoms with E-state index in [1.165, 1.54) is 23.1 Å². The quantitative estimate of drug-likeness (QED) is 0.323. The van der Waals surface area contributed by atoms with Gasteiger partial charge in [-0.3, -0.25) is 14.5 Å². The van der Waals surface area contributed by atoms with E-state index in [-0.39, 0.29) is 23.3 Å². The minimum Gasteiger partial charge on any atom is -0.384 e. The predicted molar refractivity (Wildman–Crippen MR) is 155 cm³/mol. The molecule has 1 aliphatic carbocycles. The number of carbonyl (C=O) groups excluding carboxylic acids is 2. The van der Waals surface area contributed by atoms with Crippen LogP contribution in [0.3, 0.4) is 0 Å². The number of ketones is 1. The van der Waals surface area contributed by atoms with Crippen molar-refractivity contribution in [3.8, 4) is 6.07 Å². The molecule has 1 amide bonds. The average Bonchev–Trinajstić information content (AvgIpc) is 3.38. The monoisotopic (exact) mass is 596 g/mol. The van der Waals surface area contributed by atoms with Crippen LogP contribution in [0.25, 0.3) is 0 Å². The standard InChI is InChI=1S/C27H22Cl2N6O2S2/c1-14-8-10-15(11-9-14)22-16(12-30)25(31)35(19-6-3-7-20(36)23(19)22)26-33-34-27(39-26)38-13-21(37)32-24-17(28)4-2-5-18(24)29/h2,4-5,8-11,22H,3,6-7,13,31H2,1H3,(H,32,37). The number of amides is 1. The van der Waals surface area contributed by atoms with Gasteiger partial charge in [-0.15, -0.1) is 10.2 Å². The molecule has 12 heteroatoms. The summed E-state index contributed by atoms with van der Waals surface area (Å²) in [4.78, 5) is 27.5. The summed E-state index contributed by atoms with van der Waals surface area (Å²) >= 11 is 14.7. The van der Waals surface area contributed by atoms with Crippen LogP contribution in [0, 0.1) is 18.3 Å². The number of hydrogen-bond acceptors (Lipinski definition) is 9. The summed E-state index contributed by atoms with van der Waals surface area (Å²) in [6.07, 6.45) is 1.70.